The Kier molecular flexibility index (Phi) is 4.20. The highest BCUT2D eigenvalue weighted by Crippen LogP contribution is 2.36. The quantitative estimate of drug-likeness (QED) is 0.572. The van der Waals surface area contributed by atoms with E-state index >= 15 is 0 Å². The van der Waals surface area contributed by atoms with Gasteiger partial charge in [-0.05, 0) is 30.8 Å². The Morgan fingerprint density at radius 1 is 1.38 bits per heavy atom. The normalized spacial score (nSPS) is 28.4. The maximum absolute atomic E-state index is 4.58. The molecule has 0 bridgehead atoms. The standard InChI is InChI=1S/C12H21N/c1-4-7-10(5-2)9-13-12-8-11(12)6-3/h7,9,11-12H,4-6,8H2,1-3H3/b10-7+,13-9?/t11-,12?/m0/s1. The molecule has 0 heterocycles. The lowest BCUT2D eigenvalue weighted by Gasteiger charge is -1.95. The minimum atomic E-state index is 0.650. The summed E-state index contributed by atoms with van der Waals surface area (Å²) in [6.07, 6.45) is 9.20. The van der Waals surface area contributed by atoms with Crippen LogP contribution in [0.2, 0.25) is 0 Å². The van der Waals surface area contributed by atoms with Crippen LogP contribution in [0.3, 0.4) is 0 Å². The van der Waals surface area contributed by atoms with Crippen molar-refractivity contribution in [1.29, 1.82) is 0 Å². The van der Waals surface area contributed by atoms with Crippen LogP contribution in [0, 0.1) is 5.92 Å². The molecule has 1 heteroatoms. The summed E-state index contributed by atoms with van der Waals surface area (Å²) in [6.45, 7) is 6.62. The van der Waals surface area contributed by atoms with Crippen LogP contribution in [0.4, 0.5) is 0 Å². The first-order chi connectivity index (χ1) is 6.31. The molecule has 0 amide bonds. The van der Waals surface area contributed by atoms with Gasteiger partial charge in [-0.15, -0.1) is 0 Å². The van der Waals surface area contributed by atoms with Gasteiger partial charge in [-0.1, -0.05) is 33.3 Å². The van der Waals surface area contributed by atoms with Crippen molar-refractivity contribution in [3.8, 4) is 0 Å². The molecule has 0 N–H and O–H groups in total. The Balaban J connectivity index is 2.34. The second-order valence-electron chi connectivity index (χ2n) is 3.79. The number of nitrogens with zero attached hydrogens (tertiary/aromatic N) is 1. The summed E-state index contributed by atoms with van der Waals surface area (Å²) in [5.74, 6) is 0.885. The summed E-state index contributed by atoms with van der Waals surface area (Å²) in [5, 5.41) is 0. The molecule has 0 spiro atoms. The molecule has 1 rings (SSSR count). The molecule has 1 saturated carbocycles. The van der Waals surface area contributed by atoms with Crippen molar-refractivity contribution in [3.63, 3.8) is 0 Å². The Hall–Kier alpha value is -0.590. The fourth-order valence-electron chi connectivity index (χ4n) is 1.59. The number of rotatable bonds is 5. The number of hydrogen-bond donors (Lipinski definition) is 0. The molecule has 0 aromatic rings. The molecule has 1 fully saturated rings. The zero-order chi connectivity index (χ0) is 9.68. The zero-order valence-electron chi connectivity index (χ0n) is 9.09. The second-order valence-corrected chi connectivity index (χ2v) is 3.79. The van der Waals surface area contributed by atoms with E-state index in [9.17, 15) is 0 Å². The van der Waals surface area contributed by atoms with Crippen LogP contribution >= 0.6 is 0 Å². The first-order valence-electron chi connectivity index (χ1n) is 5.53. The molecule has 0 aromatic heterocycles. The first-order valence-corrected chi connectivity index (χ1v) is 5.53. The van der Waals surface area contributed by atoms with Crippen molar-refractivity contribution in [2.24, 2.45) is 10.9 Å². The largest absolute Gasteiger partial charge is 0.289 e. The van der Waals surface area contributed by atoms with Gasteiger partial charge in [0.25, 0.3) is 0 Å². The van der Waals surface area contributed by atoms with Gasteiger partial charge in [0, 0.05) is 6.21 Å². The molecule has 2 atom stereocenters. The van der Waals surface area contributed by atoms with Gasteiger partial charge >= 0.3 is 0 Å². The summed E-state index contributed by atoms with van der Waals surface area (Å²) < 4.78 is 0. The molecule has 1 aliphatic carbocycles. The summed E-state index contributed by atoms with van der Waals surface area (Å²) in [7, 11) is 0. The van der Waals surface area contributed by atoms with Crippen molar-refractivity contribution in [2.45, 2.75) is 52.5 Å². The van der Waals surface area contributed by atoms with E-state index in [0.29, 0.717) is 6.04 Å². The highest BCUT2D eigenvalue weighted by atomic mass is 14.8. The van der Waals surface area contributed by atoms with Crippen LogP contribution in [0.25, 0.3) is 0 Å². The molecular weight excluding hydrogens is 158 g/mol. The molecule has 1 aliphatic rings. The maximum atomic E-state index is 4.58. The summed E-state index contributed by atoms with van der Waals surface area (Å²) in [4.78, 5) is 4.58. The van der Waals surface area contributed by atoms with Crippen LogP contribution in [0.1, 0.15) is 46.5 Å². The van der Waals surface area contributed by atoms with E-state index in [0.717, 1.165) is 18.8 Å². The molecule has 0 aliphatic heterocycles. The zero-order valence-corrected chi connectivity index (χ0v) is 9.09. The third kappa shape index (κ3) is 3.33. The van der Waals surface area contributed by atoms with Crippen molar-refractivity contribution in [2.75, 3.05) is 0 Å². The van der Waals surface area contributed by atoms with Crippen molar-refractivity contribution in [3.05, 3.63) is 11.6 Å². The fourth-order valence-corrected chi connectivity index (χ4v) is 1.59. The minimum Gasteiger partial charge on any atom is -0.289 e. The SMILES string of the molecule is CC/C=C(/C=NC1C[C@@H]1CC)CC. The number of allylic oxidation sites excluding steroid dienone is 2. The van der Waals surface area contributed by atoms with E-state index in [4.69, 9.17) is 0 Å². The van der Waals surface area contributed by atoms with Crippen molar-refractivity contribution >= 4 is 6.21 Å². The molecule has 0 saturated heterocycles. The lowest BCUT2D eigenvalue weighted by molar-refractivity contribution is 0.761. The third-order valence-electron chi connectivity index (χ3n) is 2.72. The van der Waals surface area contributed by atoms with Gasteiger partial charge in [0.15, 0.2) is 0 Å². The molecular formula is C12H21N. The molecule has 1 unspecified atom stereocenters. The van der Waals surface area contributed by atoms with Crippen molar-refractivity contribution in [1.82, 2.24) is 0 Å². The Bertz CT molecular complexity index is 203. The predicted octanol–water partition coefficient (Wildman–Crippen LogP) is 3.60. The Labute approximate surface area is 82.0 Å². The van der Waals surface area contributed by atoms with Gasteiger partial charge < -0.3 is 0 Å². The van der Waals surface area contributed by atoms with Crippen LogP contribution in [-0.4, -0.2) is 12.3 Å². The predicted molar refractivity (Wildman–Crippen MR) is 59.3 cm³/mol. The van der Waals surface area contributed by atoms with Crippen LogP contribution < -0.4 is 0 Å². The van der Waals surface area contributed by atoms with Crippen LogP contribution in [-0.2, 0) is 0 Å². The highest BCUT2D eigenvalue weighted by molar-refractivity contribution is 5.78. The minimum absolute atomic E-state index is 0.650. The van der Waals surface area contributed by atoms with E-state index in [2.05, 4.69) is 38.1 Å². The van der Waals surface area contributed by atoms with Crippen LogP contribution in [0.5, 0.6) is 0 Å². The van der Waals surface area contributed by atoms with Gasteiger partial charge in [-0.2, -0.15) is 0 Å². The third-order valence-corrected chi connectivity index (χ3v) is 2.72. The van der Waals surface area contributed by atoms with Crippen LogP contribution in [0.15, 0.2) is 16.6 Å². The van der Waals surface area contributed by atoms with E-state index in [1.807, 2.05) is 0 Å². The molecule has 0 radical (unpaired) electrons. The Morgan fingerprint density at radius 3 is 2.62 bits per heavy atom. The number of hydrogen-bond acceptors (Lipinski definition) is 1. The maximum Gasteiger partial charge on any atom is 0.0531 e. The molecule has 0 aromatic carbocycles. The van der Waals surface area contributed by atoms with Gasteiger partial charge in [0.2, 0.25) is 0 Å². The topological polar surface area (TPSA) is 12.4 Å². The monoisotopic (exact) mass is 179 g/mol. The fraction of sp³-hybridized carbons (Fsp3) is 0.750. The molecule has 1 nitrogen and oxygen atoms in total. The average Bonchev–Trinajstić information content (AvgIpc) is 2.91. The molecule has 74 valence electrons. The van der Waals surface area contributed by atoms with Gasteiger partial charge in [-0.3, -0.25) is 4.99 Å². The van der Waals surface area contributed by atoms with Gasteiger partial charge in [0.05, 0.1) is 6.04 Å². The lowest BCUT2D eigenvalue weighted by atomic mass is 10.2. The smallest absolute Gasteiger partial charge is 0.0531 e. The lowest BCUT2D eigenvalue weighted by Crippen LogP contribution is -1.87. The second kappa shape index (κ2) is 5.21. The summed E-state index contributed by atoms with van der Waals surface area (Å²) in [6, 6.07) is 0.650. The van der Waals surface area contributed by atoms with E-state index in [1.165, 1.54) is 18.4 Å². The van der Waals surface area contributed by atoms with Crippen molar-refractivity contribution < 1.29 is 0 Å². The van der Waals surface area contributed by atoms with E-state index in [-0.39, 0.29) is 0 Å². The summed E-state index contributed by atoms with van der Waals surface area (Å²) >= 11 is 0. The van der Waals surface area contributed by atoms with Gasteiger partial charge in [-0.25, -0.2) is 0 Å². The molecule has 13 heavy (non-hydrogen) atoms. The van der Waals surface area contributed by atoms with E-state index < -0.39 is 0 Å². The number of aliphatic imine (C=N–C) groups is 1. The van der Waals surface area contributed by atoms with Gasteiger partial charge in [0.1, 0.15) is 0 Å². The first kappa shape index (κ1) is 10.5. The highest BCUT2D eigenvalue weighted by Gasteiger charge is 2.34. The Morgan fingerprint density at radius 2 is 2.15 bits per heavy atom. The van der Waals surface area contributed by atoms with E-state index in [1.54, 1.807) is 0 Å². The summed E-state index contributed by atoms with van der Waals surface area (Å²) in [5.41, 5.74) is 1.39. The average molecular weight is 179 g/mol.